The number of nitrogens with two attached hydrogens (primary N) is 1. The summed E-state index contributed by atoms with van der Waals surface area (Å²) in [7, 11) is 0. The number of piperidine rings is 1. The van der Waals surface area contributed by atoms with Crippen LogP contribution in [0.25, 0.3) is 10.9 Å². The number of rotatable bonds is 17. The van der Waals surface area contributed by atoms with Crippen LogP contribution in [0.4, 0.5) is 0 Å². The van der Waals surface area contributed by atoms with E-state index in [1.165, 1.54) is 64.6 Å². The lowest BCUT2D eigenvalue weighted by Crippen LogP contribution is -2.40. The first-order chi connectivity index (χ1) is 17.7. The number of hydrogen-bond donors (Lipinski definition) is 2. The molecule has 0 aliphatic carbocycles. The first-order valence-electron chi connectivity index (χ1n) is 14.8. The number of aliphatic hydroxyl groups is 1. The molecular formula is C31H51N3O2. The van der Waals surface area contributed by atoms with Gasteiger partial charge in [-0.15, -0.1) is 0 Å². The molecule has 1 aliphatic rings. The minimum Gasteiger partial charge on any atom is -0.494 e. The molecule has 2 heterocycles. The minimum atomic E-state index is -0.468. The summed E-state index contributed by atoms with van der Waals surface area (Å²) in [5.74, 6) is 2.31. The van der Waals surface area contributed by atoms with E-state index in [1.54, 1.807) is 0 Å². The van der Waals surface area contributed by atoms with Crippen LogP contribution in [-0.4, -0.2) is 47.8 Å². The molecule has 3 N–H and O–H groups in total. The highest BCUT2D eigenvalue weighted by Crippen LogP contribution is 2.34. The van der Waals surface area contributed by atoms with Gasteiger partial charge in [0.05, 0.1) is 18.2 Å². The summed E-state index contributed by atoms with van der Waals surface area (Å²) in [6.07, 6.45) is 15.7. The molecule has 0 spiro atoms. The zero-order chi connectivity index (χ0) is 25.6. The fraction of sp³-hybridized carbons (Fsp3) is 0.710. The predicted octanol–water partition coefficient (Wildman–Crippen LogP) is 6.87. The van der Waals surface area contributed by atoms with Gasteiger partial charge in [-0.05, 0) is 106 Å². The second kappa shape index (κ2) is 16.2. The van der Waals surface area contributed by atoms with Crippen molar-refractivity contribution in [2.75, 3.05) is 32.8 Å². The third-order valence-electron chi connectivity index (χ3n) is 8.11. The lowest BCUT2D eigenvalue weighted by Gasteiger charge is -2.39. The van der Waals surface area contributed by atoms with Crippen LogP contribution in [0.5, 0.6) is 5.75 Å². The Morgan fingerprint density at radius 3 is 2.69 bits per heavy atom. The Morgan fingerprint density at radius 1 is 1.06 bits per heavy atom. The summed E-state index contributed by atoms with van der Waals surface area (Å²) >= 11 is 0. The van der Waals surface area contributed by atoms with Crippen molar-refractivity contribution in [3.8, 4) is 5.75 Å². The van der Waals surface area contributed by atoms with Gasteiger partial charge in [-0.25, -0.2) is 0 Å². The van der Waals surface area contributed by atoms with E-state index in [2.05, 4.69) is 29.8 Å². The van der Waals surface area contributed by atoms with Gasteiger partial charge in [0.25, 0.3) is 0 Å². The van der Waals surface area contributed by atoms with Gasteiger partial charge in [-0.2, -0.15) is 0 Å². The monoisotopic (exact) mass is 497 g/mol. The highest BCUT2D eigenvalue weighted by atomic mass is 16.5. The molecule has 1 fully saturated rings. The van der Waals surface area contributed by atoms with E-state index in [0.29, 0.717) is 12.5 Å². The zero-order valence-electron chi connectivity index (χ0n) is 23.0. The highest BCUT2D eigenvalue weighted by Gasteiger charge is 2.28. The van der Waals surface area contributed by atoms with Crippen molar-refractivity contribution in [3.05, 3.63) is 36.0 Å². The van der Waals surface area contributed by atoms with Crippen molar-refractivity contribution in [1.82, 2.24) is 9.88 Å². The van der Waals surface area contributed by atoms with Gasteiger partial charge < -0.3 is 20.5 Å². The summed E-state index contributed by atoms with van der Waals surface area (Å²) in [5, 5.41) is 12.2. The minimum absolute atomic E-state index is 0.468. The molecule has 0 bridgehead atoms. The molecule has 5 nitrogen and oxygen atoms in total. The van der Waals surface area contributed by atoms with Crippen LogP contribution in [0.15, 0.2) is 30.5 Å². The highest BCUT2D eigenvalue weighted by molar-refractivity contribution is 5.83. The number of hydrogen-bond acceptors (Lipinski definition) is 5. The van der Waals surface area contributed by atoms with Gasteiger partial charge in [0, 0.05) is 18.1 Å². The van der Waals surface area contributed by atoms with Gasteiger partial charge in [0.15, 0.2) is 0 Å². The summed E-state index contributed by atoms with van der Waals surface area (Å²) in [5.41, 5.74) is 7.48. The Hall–Kier alpha value is -1.69. The molecular weight excluding hydrogens is 446 g/mol. The molecule has 5 heteroatoms. The topological polar surface area (TPSA) is 71.6 Å². The average Bonchev–Trinajstić information content (AvgIpc) is 2.91. The Balaban J connectivity index is 1.52. The van der Waals surface area contributed by atoms with Crippen LogP contribution in [0.3, 0.4) is 0 Å². The summed E-state index contributed by atoms with van der Waals surface area (Å²) in [4.78, 5) is 7.22. The van der Waals surface area contributed by atoms with Gasteiger partial charge in [-0.3, -0.25) is 4.98 Å². The average molecular weight is 498 g/mol. The third kappa shape index (κ3) is 9.00. The molecule has 1 aromatic heterocycles. The molecule has 3 rings (SSSR count). The maximum absolute atomic E-state index is 11.2. The lowest BCUT2D eigenvalue weighted by molar-refractivity contribution is 0.0903. The van der Waals surface area contributed by atoms with E-state index in [9.17, 15) is 5.11 Å². The Bertz CT molecular complexity index is 874. The summed E-state index contributed by atoms with van der Waals surface area (Å²) in [6, 6.07) is 8.03. The Kier molecular flexibility index (Phi) is 13.0. The van der Waals surface area contributed by atoms with Gasteiger partial charge >= 0.3 is 0 Å². The van der Waals surface area contributed by atoms with Crippen molar-refractivity contribution < 1.29 is 9.84 Å². The van der Waals surface area contributed by atoms with E-state index in [4.69, 9.17) is 10.5 Å². The molecule has 1 unspecified atom stereocenters. The van der Waals surface area contributed by atoms with E-state index in [1.807, 2.05) is 24.4 Å². The SMILES string of the molecule is CCCCCCCN1CC[C@@H](CCC(O)c2ccnc3ccc(OCCCCCN)cc23)[C@@H](CC)C1. The molecule has 0 amide bonds. The number of likely N-dealkylation sites (tertiary alicyclic amines) is 1. The molecule has 1 aliphatic heterocycles. The van der Waals surface area contributed by atoms with Crippen LogP contribution in [0, 0.1) is 11.8 Å². The number of nitrogens with zero attached hydrogens (tertiary/aromatic N) is 2. The summed E-state index contributed by atoms with van der Waals surface area (Å²) < 4.78 is 5.98. The van der Waals surface area contributed by atoms with Crippen molar-refractivity contribution in [3.63, 3.8) is 0 Å². The van der Waals surface area contributed by atoms with Gasteiger partial charge in [0.2, 0.25) is 0 Å². The fourth-order valence-corrected chi connectivity index (χ4v) is 5.81. The first-order valence-corrected chi connectivity index (χ1v) is 14.8. The maximum atomic E-state index is 11.2. The standard InChI is InChI=1S/C31H51N3O2/c1-3-5-6-7-10-20-34-21-17-26(25(4-2)24-34)12-15-31(35)28-16-19-33-30-14-13-27(23-29(28)30)36-22-11-8-9-18-32/h13-14,16,19,23,25-26,31,35H,3-12,15,17-18,20-22,24,32H2,1-2H3/t25-,26+,31?/m0/s1. The molecule has 0 radical (unpaired) electrons. The van der Waals surface area contributed by atoms with Crippen molar-refractivity contribution in [1.29, 1.82) is 0 Å². The van der Waals surface area contributed by atoms with Crippen LogP contribution in [0.1, 0.15) is 103 Å². The largest absolute Gasteiger partial charge is 0.494 e. The number of aromatic nitrogens is 1. The Morgan fingerprint density at radius 2 is 1.89 bits per heavy atom. The number of pyridine rings is 1. The molecule has 2 aromatic rings. The van der Waals surface area contributed by atoms with Crippen LogP contribution >= 0.6 is 0 Å². The quantitative estimate of drug-likeness (QED) is 0.233. The smallest absolute Gasteiger partial charge is 0.120 e. The lowest BCUT2D eigenvalue weighted by atomic mass is 9.80. The molecule has 1 aromatic carbocycles. The zero-order valence-corrected chi connectivity index (χ0v) is 23.0. The van der Waals surface area contributed by atoms with Crippen LogP contribution < -0.4 is 10.5 Å². The number of benzene rings is 1. The van der Waals surface area contributed by atoms with Gasteiger partial charge in [0.1, 0.15) is 5.75 Å². The first kappa shape index (κ1) is 28.9. The maximum Gasteiger partial charge on any atom is 0.120 e. The van der Waals surface area contributed by atoms with E-state index in [-0.39, 0.29) is 0 Å². The molecule has 36 heavy (non-hydrogen) atoms. The number of ether oxygens (including phenoxy) is 1. The van der Waals surface area contributed by atoms with Crippen LogP contribution in [0.2, 0.25) is 0 Å². The van der Waals surface area contributed by atoms with Gasteiger partial charge in [-0.1, -0.05) is 46.0 Å². The molecule has 1 saturated heterocycles. The van der Waals surface area contributed by atoms with Crippen molar-refractivity contribution >= 4 is 10.9 Å². The van der Waals surface area contributed by atoms with E-state index >= 15 is 0 Å². The molecule has 0 saturated carbocycles. The number of unbranched alkanes of at least 4 members (excludes halogenated alkanes) is 6. The number of aliphatic hydroxyl groups excluding tert-OH is 1. The number of fused-ring (bicyclic) bond motifs is 1. The predicted molar refractivity (Wildman–Crippen MR) is 151 cm³/mol. The van der Waals surface area contributed by atoms with Crippen molar-refractivity contribution in [2.45, 2.75) is 97.0 Å². The van der Waals surface area contributed by atoms with Crippen LogP contribution in [-0.2, 0) is 0 Å². The van der Waals surface area contributed by atoms with Crippen molar-refractivity contribution in [2.24, 2.45) is 17.6 Å². The fourth-order valence-electron chi connectivity index (χ4n) is 5.81. The normalized spacial score (nSPS) is 19.6. The van der Waals surface area contributed by atoms with E-state index in [0.717, 1.165) is 66.8 Å². The third-order valence-corrected chi connectivity index (χ3v) is 8.11. The second-order valence-corrected chi connectivity index (χ2v) is 10.8. The Labute approximate surface area is 219 Å². The van der Waals surface area contributed by atoms with E-state index < -0.39 is 6.10 Å². The molecule has 3 atom stereocenters. The molecule has 202 valence electrons. The summed E-state index contributed by atoms with van der Waals surface area (Å²) in [6.45, 7) is 9.76. The second-order valence-electron chi connectivity index (χ2n) is 10.8.